The summed E-state index contributed by atoms with van der Waals surface area (Å²) in [5.41, 5.74) is 4.45. The van der Waals surface area contributed by atoms with Gasteiger partial charge < -0.3 is 20.5 Å². The maximum atomic E-state index is 13.2. The quantitative estimate of drug-likeness (QED) is 0.827. The topological polar surface area (TPSA) is 108 Å². The van der Waals surface area contributed by atoms with Gasteiger partial charge >= 0.3 is 6.03 Å². The number of aliphatic hydroxyl groups excluding tert-OH is 1. The van der Waals surface area contributed by atoms with E-state index in [0.29, 0.717) is 18.7 Å². The second-order valence-corrected chi connectivity index (χ2v) is 5.85. The van der Waals surface area contributed by atoms with Crippen molar-refractivity contribution in [3.8, 4) is 0 Å². The third kappa shape index (κ3) is 2.58. The molecule has 2 atom stereocenters. The van der Waals surface area contributed by atoms with Gasteiger partial charge in [-0.05, 0) is 25.0 Å². The highest BCUT2D eigenvalue weighted by molar-refractivity contribution is 6.03. The van der Waals surface area contributed by atoms with Crippen molar-refractivity contribution >= 4 is 24.0 Å². The minimum absolute atomic E-state index is 0.127. The molecule has 1 fully saturated rings. The largest absolute Gasteiger partial charge is 0.478 e. The number of primary amides is 1. The highest BCUT2D eigenvalue weighted by Gasteiger charge is 2.51. The van der Waals surface area contributed by atoms with E-state index in [1.165, 1.54) is 4.90 Å². The van der Waals surface area contributed by atoms with Crippen LogP contribution in [-0.2, 0) is 9.53 Å². The zero-order chi connectivity index (χ0) is 17.2. The molecule has 2 aliphatic rings. The van der Waals surface area contributed by atoms with Gasteiger partial charge in [0.1, 0.15) is 6.61 Å². The van der Waals surface area contributed by atoms with Gasteiger partial charge in [-0.3, -0.25) is 9.69 Å². The molecule has 0 aromatic heterocycles. The molecule has 1 aromatic rings. The molecule has 2 heterocycles. The first-order chi connectivity index (χ1) is 11.6. The van der Waals surface area contributed by atoms with Crippen molar-refractivity contribution in [1.82, 2.24) is 4.90 Å². The van der Waals surface area contributed by atoms with Gasteiger partial charge in [0.25, 0.3) is 11.6 Å². The van der Waals surface area contributed by atoms with Crippen molar-refractivity contribution in [3.63, 3.8) is 0 Å². The number of aliphatic hydroxyl groups is 1. The number of hydrogen-bond donors (Lipinski definition) is 2. The highest BCUT2D eigenvalue weighted by atomic mass is 16.5. The van der Waals surface area contributed by atoms with Crippen LogP contribution in [0.15, 0.2) is 35.3 Å². The summed E-state index contributed by atoms with van der Waals surface area (Å²) < 4.78 is 5.14. The van der Waals surface area contributed by atoms with Gasteiger partial charge in [-0.1, -0.05) is 18.2 Å². The standard InChI is InChI=1S/C16H20N4O4/c17-14(22)16(10-24-11-18-16)20(12-5-2-1-3-6-12)15(23)19-8-4-7-13(19)9-21/h1-3,5-6,11,13,21H,4,7-10H2,(H2,17,22). The molecule has 0 bridgehead atoms. The van der Waals surface area contributed by atoms with Crippen LogP contribution in [0.5, 0.6) is 0 Å². The predicted octanol–water partition coefficient (Wildman–Crippen LogP) is 0.310. The molecule has 2 aliphatic heterocycles. The monoisotopic (exact) mass is 332 g/mol. The number of anilines is 1. The van der Waals surface area contributed by atoms with Gasteiger partial charge in [0.15, 0.2) is 6.40 Å². The van der Waals surface area contributed by atoms with Crippen molar-refractivity contribution < 1.29 is 19.4 Å². The molecule has 0 spiro atoms. The first-order valence-electron chi connectivity index (χ1n) is 7.82. The van der Waals surface area contributed by atoms with Crippen molar-refractivity contribution in [1.29, 1.82) is 0 Å². The van der Waals surface area contributed by atoms with Crippen LogP contribution in [0.25, 0.3) is 0 Å². The number of carbonyl (C=O) groups excluding carboxylic acids is 2. The van der Waals surface area contributed by atoms with Crippen molar-refractivity contribution in [2.75, 3.05) is 24.7 Å². The lowest BCUT2D eigenvalue weighted by molar-refractivity contribution is -0.123. The lowest BCUT2D eigenvalue weighted by Gasteiger charge is -2.38. The number of para-hydroxylation sites is 1. The molecular formula is C16H20N4O4. The van der Waals surface area contributed by atoms with E-state index in [0.717, 1.165) is 12.8 Å². The second-order valence-electron chi connectivity index (χ2n) is 5.85. The minimum atomic E-state index is -1.62. The first kappa shape index (κ1) is 16.3. The average Bonchev–Trinajstić information content (AvgIpc) is 3.26. The zero-order valence-electron chi connectivity index (χ0n) is 13.2. The lowest BCUT2D eigenvalue weighted by atomic mass is 10.1. The van der Waals surface area contributed by atoms with E-state index in [9.17, 15) is 14.7 Å². The molecule has 8 nitrogen and oxygen atoms in total. The van der Waals surface area contributed by atoms with Crippen LogP contribution in [-0.4, -0.2) is 59.8 Å². The average molecular weight is 332 g/mol. The van der Waals surface area contributed by atoms with E-state index >= 15 is 0 Å². The van der Waals surface area contributed by atoms with Crippen LogP contribution in [0.2, 0.25) is 0 Å². The molecule has 8 heteroatoms. The number of aliphatic imine (C=N–C) groups is 1. The Kier molecular flexibility index (Phi) is 4.39. The fourth-order valence-electron chi connectivity index (χ4n) is 3.15. The van der Waals surface area contributed by atoms with Gasteiger partial charge in [-0.15, -0.1) is 0 Å². The molecule has 0 saturated carbocycles. The summed E-state index contributed by atoms with van der Waals surface area (Å²) in [6, 6.07) is 8.05. The summed E-state index contributed by atoms with van der Waals surface area (Å²) >= 11 is 0. The first-order valence-corrected chi connectivity index (χ1v) is 7.82. The molecular weight excluding hydrogens is 312 g/mol. The number of rotatable bonds is 4. The smallest absolute Gasteiger partial charge is 0.327 e. The molecule has 0 aliphatic carbocycles. The summed E-state index contributed by atoms with van der Waals surface area (Å²) in [6.45, 7) is 0.241. The Labute approximate surface area is 139 Å². The molecule has 1 aromatic carbocycles. The molecule has 128 valence electrons. The molecule has 1 saturated heterocycles. The Morgan fingerprint density at radius 1 is 1.42 bits per heavy atom. The summed E-state index contributed by atoms with van der Waals surface area (Å²) in [6.07, 6.45) is 2.65. The van der Waals surface area contributed by atoms with Crippen LogP contribution in [0, 0.1) is 0 Å². The Balaban J connectivity index is 2.04. The predicted molar refractivity (Wildman–Crippen MR) is 87.5 cm³/mol. The van der Waals surface area contributed by atoms with E-state index in [2.05, 4.69) is 4.99 Å². The summed E-state index contributed by atoms with van der Waals surface area (Å²) in [7, 11) is 0. The molecule has 3 N–H and O–H groups in total. The van der Waals surface area contributed by atoms with Crippen LogP contribution in [0.1, 0.15) is 12.8 Å². The van der Waals surface area contributed by atoms with E-state index in [1.54, 1.807) is 29.2 Å². The summed E-state index contributed by atoms with van der Waals surface area (Å²) in [5.74, 6) is -0.770. The molecule has 24 heavy (non-hydrogen) atoms. The second kappa shape index (κ2) is 6.48. The van der Waals surface area contributed by atoms with Crippen LogP contribution >= 0.6 is 0 Å². The zero-order valence-corrected chi connectivity index (χ0v) is 13.2. The normalized spacial score (nSPS) is 25.5. The number of amides is 3. The third-order valence-electron chi connectivity index (χ3n) is 4.43. The van der Waals surface area contributed by atoms with E-state index < -0.39 is 17.6 Å². The number of hydrogen-bond acceptors (Lipinski definition) is 5. The minimum Gasteiger partial charge on any atom is -0.478 e. The van der Waals surface area contributed by atoms with Gasteiger partial charge in [-0.2, -0.15) is 0 Å². The van der Waals surface area contributed by atoms with Gasteiger partial charge in [0.05, 0.1) is 12.6 Å². The van der Waals surface area contributed by atoms with E-state index in [1.807, 2.05) is 6.07 Å². The molecule has 3 rings (SSSR count). The van der Waals surface area contributed by atoms with Crippen molar-refractivity contribution in [2.45, 2.75) is 24.5 Å². The van der Waals surface area contributed by atoms with Crippen molar-refractivity contribution in [2.24, 2.45) is 10.7 Å². The van der Waals surface area contributed by atoms with E-state index in [4.69, 9.17) is 10.5 Å². The lowest BCUT2D eigenvalue weighted by Crippen LogP contribution is -2.63. The Hall–Kier alpha value is -2.61. The fourth-order valence-corrected chi connectivity index (χ4v) is 3.15. The summed E-state index contributed by atoms with van der Waals surface area (Å²) in [5, 5.41) is 9.52. The van der Waals surface area contributed by atoms with Crippen LogP contribution in [0.3, 0.4) is 0 Å². The molecule has 2 unspecified atom stereocenters. The number of likely N-dealkylation sites (tertiary alicyclic amines) is 1. The van der Waals surface area contributed by atoms with Crippen molar-refractivity contribution in [3.05, 3.63) is 30.3 Å². The number of nitrogens with zero attached hydrogens (tertiary/aromatic N) is 3. The van der Waals surface area contributed by atoms with Gasteiger partial charge in [0, 0.05) is 12.2 Å². The summed E-state index contributed by atoms with van der Waals surface area (Å²) in [4.78, 5) is 32.3. The fraction of sp³-hybridized carbons (Fsp3) is 0.438. The number of urea groups is 1. The van der Waals surface area contributed by atoms with E-state index in [-0.39, 0.29) is 19.3 Å². The highest BCUT2D eigenvalue weighted by Crippen LogP contribution is 2.31. The maximum absolute atomic E-state index is 13.2. The number of benzene rings is 1. The molecule has 3 amide bonds. The van der Waals surface area contributed by atoms with Gasteiger partial charge in [0.2, 0.25) is 0 Å². The Morgan fingerprint density at radius 3 is 2.75 bits per heavy atom. The third-order valence-corrected chi connectivity index (χ3v) is 4.43. The van der Waals surface area contributed by atoms with Crippen LogP contribution in [0.4, 0.5) is 10.5 Å². The number of nitrogens with two attached hydrogens (primary N) is 1. The Bertz CT molecular complexity index is 651. The molecule has 0 radical (unpaired) electrons. The van der Waals surface area contributed by atoms with Crippen LogP contribution < -0.4 is 10.6 Å². The number of ether oxygens (including phenoxy) is 1. The Morgan fingerprint density at radius 2 is 2.17 bits per heavy atom. The SMILES string of the molecule is NC(=O)C1(N(C(=O)N2CCCC2CO)c2ccccc2)COC=N1. The number of carbonyl (C=O) groups is 2. The maximum Gasteiger partial charge on any atom is 0.327 e. The van der Waals surface area contributed by atoms with Gasteiger partial charge in [-0.25, -0.2) is 9.79 Å².